The first-order valence-corrected chi connectivity index (χ1v) is 9.08. The van der Waals surface area contributed by atoms with Crippen LogP contribution in [0.4, 0.5) is 10.5 Å². The van der Waals surface area contributed by atoms with Crippen molar-refractivity contribution in [1.29, 1.82) is 0 Å². The van der Waals surface area contributed by atoms with Crippen LogP contribution in [0.1, 0.15) is 25.3 Å². The quantitative estimate of drug-likeness (QED) is 0.832. The number of rotatable bonds is 7. The number of sulfonamides is 1. The fourth-order valence-electron chi connectivity index (χ4n) is 2.26. The first-order valence-electron chi connectivity index (χ1n) is 7.43. The lowest BCUT2D eigenvalue weighted by atomic mass is 10.2. The number of benzene rings is 1. The standard InChI is InChI=1S/C15H22N2O4S/c1-3-4-8-22(19,20)16-10-14-11-17(15(18)21-14)13-7-5-6-12(2)9-13/h5-7,9,14,16H,3-4,8,10-11H2,1-2H3. The van der Waals surface area contributed by atoms with Gasteiger partial charge in [0.15, 0.2) is 0 Å². The molecule has 1 aromatic carbocycles. The molecule has 0 radical (unpaired) electrons. The molecule has 1 unspecified atom stereocenters. The number of cyclic esters (lactones) is 1. The van der Waals surface area contributed by atoms with E-state index in [0.717, 1.165) is 17.7 Å². The average molecular weight is 326 g/mol. The summed E-state index contributed by atoms with van der Waals surface area (Å²) in [6.45, 7) is 4.34. The van der Waals surface area contributed by atoms with E-state index < -0.39 is 22.2 Å². The summed E-state index contributed by atoms with van der Waals surface area (Å²) in [5, 5.41) is 0. The van der Waals surface area contributed by atoms with Gasteiger partial charge in [0.05, 0.1) is 12.3 Å². The number of amides is 1. The Morgan fingerprint density at radius 2 is 2.18 bits per heavy atom. The van der Waals surface area contributed by atoms with E-state index in [2.05, 4.69) is 4.72 Å². The smallest absolute Gasteiger partial charge is 0.414 e. The van der Waals surface area contributed by atoms with Gasteiger partial charge in [-0.1, -0.05) is 25.5 Å². The summed E-state index contributed by atoms with van der Waals surface area (Å²) in [6, 6.07) is 7.56. The molecule has 2 rings (SSSR count). The largest absolute Gasteiger partial charge is 0.443 e. The number of hydrogen-bond donors (Lipinski definition) is 1. The van der Waals surface area contributed by atoms with Crippen molar-refractivity contribution in [3.63, 3.8) is 0 Å². The summed E-state index contributed by atoms with van der Waals surface area (Å²) in [7, 11) is -3.30. The first-order chi connectivity index (χ1) is 10.4. The van der Waals surface area contributed by atoms with Crippen molar-refractivity contribution >= 4 is 21.8 Å². The van der Waals surface area contributed by atoms with Crippen molar-refractivity contribution in [2.75, 3.05) is 23.7 Å². The zero-order valence-electron chi connectivity index (χ0n) is 12.9. The molecule has 0 saturated carbocycles. The summed E-state index contributed by atoms with van der Waals surface area (Å²) in [4.78, 5) is 13.4. The third-order valence-electron chi connectivity index (χ3n) is 3.48. The molecule has 1 saturated heterocycles. The van der Waals surface area contributed by atoms with E-state index in [1.54, 1.807) is 0 Å². The van der Waals surface area contributed by atoms with Gasteiger partial charge in [0.2, 0.25) is 10.0 Å². The van der Waals surface area contributed by atoms with Gasteiger partial charge in [0.25, 0.3) is 0 Å². The van der Waals surface area contributed by atoms with Gasteiger partial charge in [0.1, 0.15) is 6.10 Å². The Morgan fingerprint density at radius 1 is 1.41 bits per heavy atom. The van der Waals surface area contributed by atoms with Crippen LogP contribution in [-0.4, -0.2) is 39.5 Å². The molecule has 6 nitrogen and oxygen atoms in total. The summed E-state index contributed by atoms with van der Waals surface area (Å²) in [6.07, 6.45) is 0.531. The van der Waals surface area contributed by atoms with Crippen molar-refractivity contribution in [1.82, 2.24) is 4.72 Å². The molecule has 0 aliphatic carbocycles. The highest BCUT2D eigenvalue weighted by Gasteiger charge is 2.32. The molecule has 1 atom stereocenters. The van der Waals surface area contributed by atoms with E-state index >= 15 is 0 Å². The van der Waals surface area contributed by atoms with Gasteiger partial charge in [-0.2, -0.15) is 0 Å². The number of carbonyl (C=O) groups is 1. The van der Waals surface area contributed by atoms with E-state index in [9.17, 15) is 13.2 Å². The maximum atomic E-state index is 11.9. The molecule has 0 aromatic heterocycles. The molecular formula is C15H22N2O4S. The molecule has 122 valence electrons. The minimum Gasteiger partial charge on any atom is -0.443 e. The van der Waals surface area contributed by atoms with Crippen LogP contribution in [-0.2, 0) is 14.8 Å². The topological polar surface area (TPSA) is 75.7 Å². The number of ether oxygens (including phenoxy) is 1. The molecule has 1 amide bonds. The van der Waals surface area contributed by atoms with Crippen LogP contribution < -0.4 is 9.62 Å². The Labute approximate surface area is 131 Å². The molecule has 1 aromatic rings. The predicted molar refractivity (Wildman–Crippen MR) is 85.5 cm³/mol. The fourth-order valence-corrected chi connectivity index (χ4v) is 3.51. The van der Waals surface area contributed by atoms with E-state index in [0.29, 0.717) is 13.0 Å². The number of nitrogens with one attached hydrogen (secondary N) is 1. The maximum Gasteiger partial charge on any atom is 0.414 e. The molecule has 1 heterocycles. The van der Waals surface area contributed by atoms with E-state index in [4.69, 9.17) is 4.74 Å². The van der Waals surface area contributed by atoms with Crippen LogP contribution in [0.5, 0.6) is 0 Å². The second-order valence-electron chi connectivity index (χ2n) is 5.48. The van der Waals surface area contributed by atoms with Crippen molar-refractivity contribution < 1.29 is 17.9 Å². The Hall–Kier alpha value is -1.60. The lowest BCUT2D eigenvalue weighted by Gasteiger charge is -2.13. The minimum atomic E-state index is -3.30. The van der Waals surface area contributed by atoms with Crippen LogP contribution in [0.3, 0.4) is 0 Å². The Morgan fingerprint density at radius 3 is 2.86 bits per heavy atom. The van der Waals surface area contributed by atoms with E-state index in [1.165, 1.54) is 4.90 Å². The lowest BCUT2D eigenvalue weighted by molar-refractivity contribution is 0.143. The summed E-state index contributed by atoms with van der Waals surface area (Å²) in [5.41, 5.74) is 1.82. The molecular weight excluding hydrogens is 304 g/mol. The number of hydrogen-bond acceptors (Lipinski definition) is 4. The minimum absolute atomic E-state index is 0.103. The van der Waals surface area contributed by atoms with Crippen LogP contribution in [0, 0.1) is 6.92 Å². The van der Waals surface area contributed by atoms with Crippen molar-refractivity contribution in [3.8, 4) is 0 Å². The molecule has 1 aliphatic rings. The molecule has 22 heavy (non-hydrogen) atoms. The van der Waals surface area contributed by atoms with Crippen molar-refractivity contribution in [2.24, 2.45) is 0 Å². The highest BCUT2D eigenvalue weighted by Crippen LogP contribution is 2.22. The maximum absolute atomic E-state index is 11.9. The Kier molecular flexibility index (Phi) is 5.42. The van der Waals surface area contributed by atoms with Crippen LogP contribution in [0.15, 0.2) is 24.3 Å². The summed E-state index contributed by atoms with van der Waals surface area (Å²) < 4.78 is 31.3. The van der Waals surface area contributed by atoms with Gasteiger partial charge < -0.3 is 4.74 Å². The molecule has 0 spiro atoms. The monoisotopic (exact) mass is 326 g/mol. The molecule has 0 bridgehead atoms. The van der Waals surface area contributed by atoms with Gasteiger partial charge in [-0.25, -0.2) is 17.9 Å². The number of aryl methyl sites for hydroxylation is 1. The van der Waals surface area contributed by atoms with Crippen LogP contribution in [0.2, 0.25) is 0 Å². The second-order valence-corrected chi connectivity index (χ2v) is 7.40. The average Bonchev–Trinajstić information content (AvgIpc) is 2.84. The highest BCUT2D eigenvalue weighted by atomic mass is 32.2. The first kappa shape index (κ1) is 16.8. The summed E-state index contributed by atoms with van der Waals surface area (Å²) in [5.74, 6) is 0.103. The zero-order valence-corrected chi connectivity index (χ0v) is 13.7. The van der Waals surface area contributed by atoms with Crippen LogP contribution in [0.25, 0.3) is 0 Å². The van der Waals surface area contributed by atoms with E-state index in [1.807, 2.05) is 38.1 Å². The second kappa shape index (κ2) is 7.11. The fraction of sp³-hybridized carbons (Fsp3) is 0.533. The SMILES string of the molecule is CCCCS(=O)(=O)NCC1CN(c2cccc(C)c2)C(=O)O1. The Bertz CT molecular complexity index is 630. The van der Waals surface area contributed by atoms with Gasteiger partial charge in [-0.15, -0.1) is 0 Å². The van der Waals surface area contributed by atoms with Gasteiger partial charge in [-0.3, -0.25) is 4.90 Å². The van der Waals surface area contributed by atoms with Crippen molar-refractivity contribution in [2.45, 2.75) is 32.8 Å². The third-order valence-corrected chi connectivity index (χ3v) is 4.92. The number of unbranched alkanes of at least 4 members (excludes halogenated alkanes) is 1. The normalized spacial score (nSPS) is 18.5. The van der Waals surface area contributed by atoms with Gasteiger partial charge >= 0.3 is 6.09 Å². The Balaban J connectivity index is 1.93. The third kappa shape index (κ3) is 4.45. The van der Waals surface area contributed by atoms with Gasteiger partial charge in [-0.05, 0) is 31.0 Å². The molecule has 7 heteroatoms. The number of carbonyl (C=O) groups excluding carboxylic acids is 1. The summed E-state index contributed by atoms with van der Waals surface area (Å²) >= 11 is 0. The number of anilines is 1. The molecule has 1 fully saturated rings. The molecule has 1 N–H and O–H groups in total. The highest BCUT2D eigenvalue weighted by molar-refractivity contribution is 7.89. The van der Waals surface area contributed by atoms with Gasteiger partial charge in [0, 0.05) is 12.2 Å². The predicted octanol–water partition coefficient (Wildman–Crippen LogP) is 2.04. The lowest BCUT2D eigenvalue weighted by Crippen LogP contribution is -2.35. The van der Waals surface area contributed by atoms with E-state index in [-0.39, 0.29) is 12.3 Å². The zero-order chi connectivity index (χ0) is 16.2. The molecule has 1 aliphatic heterocycles. The number of nitrogens with zero attached hydrogens (tertiary/aromatic N) is 1. The van der Waals surface area contributed by atoms with Crippen LogP contribution >= 0.6 is 0 Å². The van der Waals surface area contributed by atoms with Crippen molar-refractivity contribution in [3.05, 3.63) is 29.8 Å².